The van der Waals surface area contributed by atoms with Crippen molar-refractivity contribution in [3.8, 4) is 28.0 Å². The number of carbonyl (C=O) groups is 1. The zero-order valence-corrected chi connectivity index (χ0v) is 13.1. The summed E-state index contributed by atoms with van der Waals surface area (Å²) in [5, 5.41) is 9.14. The normalized spacial score (nSPS) is 10.4. The SMILES string of the molecule is COc1cccc(-c2cc(-c3cccc(C(=O)O)c3)cnc2N)c1. The van der Waals surface area contributed by atoms with E-state index in [0.29, 0.717) is 5.82 Å². The van der Waals surface area contributed by atoms with Gasteiger partial charge in [0.2, 0.25) is 0 Å². The molecule has 0 aliphatic carbocycles. The third-order valence-corrected chi connectivity index (χ3v) is 3.74. The first-order valence-electron chi connectivity index (χ1n) is 7.32. The van der Waals surface area contributed by atoms with Crippen LogP contribution in [0.2, 0.25) is 0 Å². The Bertz CT molecular complexity index is 907. The minimum Gasteiger partial charge on any atom is -0.497 e. The molecule has 24 heavy (non-hydrogen) atoms. The lowest BCUT2D eigenvalue weighted by atomic mass is 9.99. The third-order valence-electron chi connectivity index (χ3n) is 3.74. The number of hydrogen-bond donors (Lipinski definition) is 2. The van der Waals surface area contributed by atoms with Gasteiger partial charge in [-0.3, -0.25) is 0 Å². The number of anilines is 1. The molecule has 0 amide bonds. The number of benzene rings is 2. The molecule has 0 bridgehead atoms. The standard InChI is InChI=1S/C19H16N2O3/c1-24-16-7-3-5-13(9-16)17-10-15(11-21-18(17)20)12-4-2-6-14(8-12)19(22)23/h2-11H,1H3,(H2,20,21)(H,22,23). The van der Waals surface area contributed by atoms with Gasteiger partial charge in [0.1, 0.15) is 11.6 Å². The number of pyridine rings is 1. The Labute approximate surface area is 139 Å². The first-order valence-corrected chi connectivity index (χ1v) is 7.32. The molecule has 0 saturated carbocycles. The van der Waals surface area contributed by atoms with Gasteiger partial charge in [-0.05, 0) is 41.5 Å². The highest BCUT2D eigenvalue weighted by Crippen LogP contribution is 2.31. The first kappa shape index (κ1) is 15.6. The van der Waals surface area contributed by atoms with Crippen LogP contribution >= 0.6 is 0 Å². The highest BCUT2D eigenvalue weighted by atomic mass is 16.5. The van der Waals surface area contributed by atoms with E-state index in [2.05, 4.69) is 4.98 Å². The maximum atomic E-state index is 11.1. The molecule has 0 spiro atoms. The van der Waals surface area contributed by atoms with Crippen LogP contribution in [0.15, 0.2) is 60.8 Å². The second-order valence-electron chi connectivity index (χ2n) is 5.27. The smallest absolute Gasteiger partial charge is 0.335 e. The number of ether oxygens (including phenoxy) is 1. The van der Waals surface area contributed by atoms with Gasteiger partial charge in [0.05, 0.1) is 12.7 Å². The Morgan fingerprint density at radius 2 is 1.79 bits per heavy atom. The number of methoxy groups -OCH3 is 1. The van der Waals surface area contributed by atoms with E-state index in [0.717, 1.165) is 28.0 Å². The number of nitrogens with two attached hydrogens (primary N) is 1. The van der Waals surface area contributed by atoms with Crippen molar-refractivity contribution < 1.29 is 14.6 Å². The van der Waals surface area contributed by atoms with E-state index in [1.807, 2.05) is 36.4 Å². The summed E-state index contributed by atoms with van der Waals surface area (Å²) >= 11 is 0. The van der Waals surface area contributed by atoms with Crippen molar-refractivity contribution in [1.82, 2.24) is 4.98 Å². The van der Waals surface area contributed by atoms with Crippen LogP contribution < -0.4 is 10.5 Å². The maximum absolute atomic E-state index is 11.1. The molecular formula is C19H16N2O3. The highest BCUT2D eigenvalue weighted by Gasteiger charge is 2.10. The Morgan fingerprint density at radius 3 is 2.54 bits per heavy atom. The number of nitrogens with zero attached hydrogens (tertiary/aromatic N) is 1. The number of carboxylic acid groups (broad SMARTS) is 1. The fraction of sp³-hybridized carbons (Fsp3) is 0.0526. The van der Waals surface area contributed by atoms with E-state index >= 15 is 0 Å². The minimum absolute atomic E-state index is 0.229. The summed E-state index contributed by atoms with van der Waals surface area (Å²) in [7, 11) is 1.61. The molecule has 5 nitrogen and oxygen atoms in total. The molecule has 5 heteroatoms. The predicted octanol–water partition coefficient (Wildman–Crippen LogP) is 3.70. The molecule has 0 saturated heterocycles. The zero-order valence-electron chi connectivity index (χ0n) is 13.1. The molecule has 0 radical (unpaired) electrons. The Kier molecular flexibility index (Phi) is 4.16. The predicted molar refractivity (Wildman–Crippen MR) is 93.0 cm³/mol. The number of aromatic carboxylic acids is 1. The lowest BCUT2D eigenvalue weighted by Gasteiger charge is -2.10. The second kappa shape index (κ2) is 6.42. The number of hydrogen-bond acceptors (Lipinski definition) is 4. The Hall–Kier alpha value is -3.34. The fourth-order valence-corrected chi connectivity index (χ4v) is 2.49. The minimum atomic E-state index is -0.965. The summed E-state index contributed by atoms with van der Waals surface area (Å²) in [6.07, 6.45) is 1.64. The van der Waals surface area contributed by atoms with Gasteiger partial charge in [-0.2, -0.15) is 0 Å². The van der Waals surface area contributed by atoms with Crippen molar-refractivity contribution in [3.63, 3.8) is 0 Å². The van der Waals surface area contributed by atoms with Crippen molar-refractivity contribution in [3.05, 3.63) is 66.4 Å². The van der Waals surface area contributed by atoms with Crippen LogP contribution in [-0.2, 0) is 0 Å². The molecule has 120 valence electrons. The van der Waals surface area contributed by atoms with Gasteiger partial charge in [0.25, 0.3) is 0 Å². The van der Waals surface area contributed by atoms with Crippen LogP contribution in [0.1, 0.15) is 10.4 Å². The van der Waals surface area contributed by atoms with Gasteiger partial charge in [0.15, 0.2) is 0 Å². The van der Waals surface area contributed by atoms with E-state index in [4.69, 9.17) is 15.6 Å². The van der Waals surface area contributed by atoms with Gasteiger partial charge in [0, 0.05) is 17.3 Å². The lowest BCUT2D eigenvalue weighted by molar-refractivity contribution is 0.0697. The van der Waals surface area contributed by atoms with E-state index < -0.39 is 5.97 Å². The monoisotopic (exact) mass is 320 g/mol. The molecule has 0 fully saturated rings. The zero-order chi connectivity index (χ0) is 17.1. The van der Waals surface area contributed by atoms with Gasteiger partial charge < -0.3 is 15.6 Å². The molecule has 2 aromatic carbocycles. The molecule has 0 unspecified atom stereocenters. The molecule has 3 aromatic rings. The van der Waals surface area contributed by atoms with Crippen molar-refractivity contribution in [2.75, 3.05) is 12.8 Å². The number of nitrogen functional groups attached to an aromatic ring is 1. The number of rotatable bonds is 4. The largest absolute Gasteiger partial charge is 0.497 e. The van der Waals surface area contributed by atoms with Crippen LogP contribution in [0.3, 0.4) is 0 Å². The van der Waals surface area contributed by atoms with Crippen LogP contribution in [0.25, 0.3) is 22.3 Å². The van der Waals surface area contributed by atoms with Crippen LogP contribution in [0, 0.1) is 0 Å². The summed E-state index contributed by atoms with van der Waals surface area (Å²) in [4.78, 5) is 15.4. The van der Waals surface area contributed by atoms with Crippen LogP contribution in [-0.4, -0.2) is 23.2 Å². The van der Waals surface area contributed by atoms with Crippen molar-refractivity contribution in [1.29, 1.82) is 0 Å². The lowest BCUT2D eigenvalue weighted by Crippen LogP contribution is -1.97. The fourth-order valence-electron chi connectivity index (χ4n) is 2.49. The van der Waals surface area contributed by atoms with Crippen LogP contribution in [0.4, 0.5) is 5.82 Å². The molecule has 0 atom stereocenters. The Morgan fingerprint density at radius 1 is 1.04 bits per heavy atom. The average molecular weight is 320 g/mol. The summed E-state index contributed by atoms with van der Waals surface area (Å²) in [5.74, 6) is 0.167. The molecule has 3 rings (SSSR count). The summed E-state index contributed by atoms with van der Waals surface area (Å²) in [6, 6.07) is 16.2. The number of aromatic nitrogens is 1. The van der Waals surface area contributed by atoms with Gasteiger partial charge >= 0.3 is 5.97 Å². The van der Waals surface area contributed by atoms with Gasteiger partial charge in [-0.1, -0.05) is 24.3 Å². The van der Waals surface area contributed by atoms with Crippen molar-refractivity contribution in [2.45, 2.75) is 0 Å². The van der Waals surface area contributed by atoms with Gasteiger partial charge in [-0.25, -0.2) is 9.78 Å². The summed E-state index contributed by atoms with van der Waals surface area (Å²) in [6.45, 7) is 0. The summed E-state index contributed by atoms with van der Waals surface area (Å²) < 4.78 is 5.25. The molecule has 0 aliphatic rings. The second-order valence-corrected chi connectivity index (χ2v) is 5.27. The van der Waals surface area contributed by atoms with Crippen LogP contribution in [0.5, 0.6) is 5.75 Å². The maximum Gasteiger partial charge on any atom is 0.335 e. The van der Waals surface area contributed by atoms with Crippen molar-refractivity contribution in [2.24, 2.45) is 0 Å². The Balaban J connectivity index is 2.09. The van der Waals surface area contributed by atoms with E-state index in [-0.39, 0.29) is 5.56 Å². The molecule has 3 N–H and O–H groups in total. The first-order chi connectivity index (χ1) is 11.6. The van der Waals surface area contributed by atoms with Gasteiger partial charge in [-0.15, -0.1) is 0 Å². The topological polar surface area (TPSA) is 85.4 Å². The highest BCUT2D eigenvalue weighted by molar-refractivity contribution is 5.90. The van der Waals surface area contributed by atoms with Crippen molar-refractivity contribution >= 4 is 11.8 Å². The van der Waals surface area contributed by atoms with E-state index in [1.165, 1.54) is 0 Å². The third kappa shape index (κ3) is 3.05. The van der Waals surface area contributed by atoms with E-state index in [9.17, 15) is 4.79 Å². The quantitative estimate of drug-likeness (QED) is 0.765. The number of carboxylic acids is 1. The molecule has 1 heterocycles. The molecular weight excluding hydrogens is 304 g/mol. The van der Waals surface area contributed by atoms with E-state index in [1.54, 1.807) is 31.5 Å². The molecule has 0 aliphatic heterocycles. The molecule has 1 aromatic heterocycles. The summed E-state index contributed by atoms with van der Waals surface area (Å²) in [5.41, 5.74) is 9.47. The average Bonchev–Trinajstić information content (AvgIpc) is 2.62.